The number of nitrogens with two attached hydrogens (primary N) is 1. The number of anilines is 2. The van der Waals surface area contributed by atoms with Crippen molar-refractivity contribution in [3.05, 3.63) is 5.69 Å². The first-order chi connectivity index (χ1) is 5.52. The van der Waals surface area contributed by atoms with Crippen molar-refractivity contribution >= 4 is 11.5 Å². The summed E-state index contributed by atoms with van der Waals surface area (Å²) in [6.07, 6.45) is -0.623. The summed E-state index contributed by atoms with van der Waals surface area (Å²) >= 11 is 0. The van der Waals surface area contributed by atoms with E-state index in [1.807, 2.05) is 6.92 Å². The minimum absolute atomic E-state index is 0.582. The zero-order valence-electron chi connectivity index (χ0n) is 7.50. The molecule has 1 heterocycles. The molecule has 5 heteroatoms. The van der Waals surface area contributed by atoms with Crippen molar-refractivity contribution in [3.8, 4) is 0 Å². The van der Waals surface area contributed by atoms with Crippen molar-refractivity contribution in [1.29, 1.82) is 0 Å². The van der Waals surface area contributed by atoms with Crippen LogP contribution in [0.1, 0.15) is 12.6 Å². The molecule has 0 aliphatic carbocycles. The van der Waals surface area contributed by atoms with Gasteiger partial charge < -0.3 is 16.2 Å². The number of nitrogens with one attached hydrogen (secondary N) is 1. The van der Waals surface area contributed by atoms with E-state index in [9.17, 15) is 0 Å². The lowest BCUT2D eigenvalue weighted by atomic mass is 10.4. The maximum atomic E-state index is 9.06. The van der Waals surface area contributed by atoms with Crippen LogP contribution in [-0.4, -0.2) is 21.1 Å². The van der Waals surface area contributed by atoms with E-state index in [0.29, 0.717) is 11.5 Å². The quantitative estimate of drug-likeness (QED) is 0.549. The molecule has 0 bridgehead atoms. The molecule has 1 aromatic rings. The van der Waals surface area contributed by atoms with Gasteiger partial charge in [-0.1, -0.05) is 0 Å². The molecule has 0 aromatic carbocycles. The Balaban J connectivity index is 2.97. The molecule has 4 N–H and O–H groups in total. The molecule has 0 aliphatic heterocycles. The third kappa shape index (κ3) is 1.50. The molecule has 0 amide bonds. The zero-order chi connectivity index (χ0) is 9.30. The number of rotatable bonds is 2. The first-order valence-electron chi connectivity index (χ1n) is 3.76. The summed E-state index contributed by atoms with van der Waals surface area (Å²) < 4.78 is 1.61. The number of nitrogen functional groups attached to an aromatic ring is 1. The van der Waals surface area contributed by atoms with Gasteiger partial charge in [0.25, 0.3) is 0 Å². The molecule has 12 heavy (non-hydrogen) atoms. The fourth-order valence-electron chi connectivity index (χ4n) is 1.04. The molecule has 0 radical (unpaired) electrons. The molecule has 1 aromatic heterocycles. The molecule has 0 saturated carbocycles. The number of aryl methyl sites for hydroxylation is 2. The molecule has 0 fully saturated rings. The smallest absolute Gasteiger partial charge is 0.149 e. The van der Waals surface area contributed by atoms with Crippen LogP contribution in [0.2, 0.25) is 0 Å². The van der Waals surface area contributed by atoms with Crippen LogP contribution in [0.4, 0.5) is 11.5 Å². The van der Waals surface area contributed by atoms with Crippen molar-refractivity contribution in [1.82, 2.24) is 9.78 Å². The maximum Gasteiger partial charge on any atom is 0.149 e. The van der Waals surface area contributed by atoms with E-state index in [1.54, 1.807) is 18.7 Å². The second kappa shape index (κ2) is 3.02. The first kappa shape index (κ1) is 8.86. The largest absolute Gasteiger partial charge is 0.394 e. The van der Waals surface area contributed by atoms with Gasteiger partial charge in [0.15, 0.2) is 0 Å². The average Bonchev–Trinajstić information content (AvgIpc) is 2.16. The Morgan fingerprint density at radius 1 is 1.67 bits per heavy atom. The van der Waals surface area contributed by atoms with E-state index in [2.05, 4.69) is 10.4 Å². The molecule has 1 rings (SSSR count). The topological polar surface area (TPSA) is 76.1 Å². The summed E-state index contributed by atoms with van der Waals surface area (Å²) in [5, 5.41) is 15.9. The molecule has 1 unspecified atom stereocenters. The van der Waals surface area contributed by atoms with Crippen molar-refractivity contribution in [3.63, 3.8) is 0 Å². The lowest BCUT2D eigenvalue weighted by molar-refractivity contribution is 0.223. The lowest BCUT2D eigenvalue weighted by Gasteiger charge is -2.09. The molecule has 68 valence electrons. The minimum atomic E-state index is -0.623. The van der Waals surface area contributed by atoms with Crippen LogP contribution in [0, 0.1) is 6.92 Å². The monoisotopic (exact) mass is 170 g/mol. The molecular formula is C7H14N4O. The van der Waals surface area contributed by atoms with Gasteiger partial charge in [-0.15, -0.1) is 0 Å². The zero-order valence-corrected chi connectivity index (χ0v) is 7.50. The third-order valence-electron chi connectivity index (χ3n) is 1.61. The molecule has 1 atom stereocenters. The van der Waals surface area contributed by atoms with E-state index < -0.39 is 6.23 Å². The van der Waals surface area contributed by atoms with Crippen molar-refractivity contribution < 1.29 is 5.11 Å². The number of hydrogen-bond donors (Lipinski definition) is 3. The van der Waals surface area contributed by atoms with Gasteiger partial charge in [0.2, 0.25) is 0 Å². The van der Waals surface area contributed by atoms with Crippen molar-refractivity contribution in [2.24, 2.45) is 7.05 Å². The summed E-state index contributed by atoms with van der Waals surface area (Å²) in [6, 6.07) is 0. The van der Waals surface area contributed by atoms with Gasteiger partial charge in [-0.05, 0) is 13.8 Å². The SMILES string of the molecule is Cc1nn(C)c(NC(C)O)c1N. The second-order valence-corrected chi connectivity index (χ2v) is 2.79. The fourth-order valence-corrected chi connectivity index (χ4v) is 1.04. The van der Waals surface area contributed by atoms with E-state index in [0.717, 1.165) is 5.69 Å². The molecule has 0 spiro atoms. The molecule has 5 nitrogen and oxygen atoms in total. The van der Waals surface area contributed by atoms with Gasteiger partial charge in [-0.25, -0.2) is 0 Å². The Hall–Kier alpha value is -1.23. The summed E-state index contributed by atoms with van der Waals surface area (Å²) in [5.74, 6) is 0.655. The Kier molecular flexibility index (Phi) is 2.23. The molecule has 0 aliphatic rings. The Morgan fingerprint density at radius 3 is 2.58 bits per heavy atom. The highest BCUT2D eigenvalue weighted by Crippen LogP contribution is 2.20. The fraction of sp³-hybridized carbons (Fsp3) is 0.571. The van der Waals surface area contributed by atoms with Crippen LogP contribution in [0.5, 0.6) is 0 Å². The Morgan fingerprint density at radius 2 is 2.25 bits per heavy atom. The van der Waals surface area contributed by atoms with Crippen LogP contribution >= 0.6 is 0 Å². The van der Waals surface area contributed by atoms with E-state index >= 15 is 0 Å². The lowest BCUT2D eigenvalue weighted by Crippen LogP contribution is -2.16. The predicted molar refractivity (Wildman–Crippen MR) is 47.7 cm³/mol. The van der Waals surface area contributed by atoms with E-state index in [-0.39, 0.29) is 0 Å². The van der Waals surface area contributed by atoms with Gasteiger partial charge in [-0.3, -0.25) is 4.68 Å². The summed E-state index contributed by atoms with van der Waals surface area (Å²) in [5.41, 5.74) is 7.04. The number of aromatic nitrogens is 2. The number of nitrogens with zero attached hydrogens (tertiary/aromatic N) is 2. The van der Waals surface area contributed by atoms with Crippen LogP contribution in [0.15, 0.2) is 0 Å². The second-order valence-electron chi connectivity index (χ2n) is 2.79. The minimum Gasteiger partial charge on any atom is -0.394 e. The van der Waals surface area contributed by atoms with Crippen LogP contribution in [0.3, 0.4) is 0 Å². The van der Waals surface area contributed by atoms with Gasteiger partial charge in [-0.2, -0.15) is 5.10 Å². The highest BCUT2D eigenvalue weighted by molar-refractivity contribution is 5.64. The summed E-state index contributed by atoms with van der Waals surface area (Å²) in [4.78, 5) is 0. The highest BCUT2D eigenvalue weighted by atomic mass is 16.3. The van der Waals surface area contributed by atoms with Gasteiger partial charge >= 0.3 is 0 Å². The maximum absolute atomic E-state index is 9.06. The van der Waals surface area contributed by atoms with Crippen molar-refractivity contribution in [2.75, 3.05) is 11.1 Å². The van der Waals surface area contributed by atoms with Gasteiger partial charge in [0.05, 0.1) is 11.4 Å². The van der Waals surface area contributed by atoms with E-state index in [4.69, 9.17) is 10.8 Å². The highest BCUT2D eigenvalue weighted by Gasteiger charge is 2.10. The summed E-state index contributed by atoms with van der Waals surface area (Å²) in [6.45, 7) is 3.45. The Labute approximate surface area is 71.2 Å². The van der Waals surface area contributed by atoms with E-state index in [1.165, 1.54) is 0 Å². The van der Waals surface area contributed by atoms with Gasteiger partial charge in [0, 0.05) is 7.05 Å². The molecule has 0 saturated heterocycles. The predicted octanol–water partition coefficient (Wildman–Crippen LogP) is 0.0609. The number of hydrogen-bond acceptors (Lipinski definition) is 4. The Bertz CT molecular complexity index is 279. The number of aliphatic hydroxyl groups is 1. The standard InChI is InChI=1S/C7H14N4O/c1-4-6(8)7(9-5(2)12)11(3)10-4/h5,9,12H,8H2,1-3H3. The van der Waals surface area contributed by atoms with Crippen LogP contribution < -0.4 is 11.1 Å². The first-order valence-corrected chi connectivity index (χ1v) is 3.76. The van der Waals surface area contributed by atoms with Crippen molar-refractivity contribution in [2.45, 2.75) is 20.1 Å². The third-order valence-corrected chi connectivity index (χ3v) is 1.61. The molecular weight excluding hydrogens is 156 g/mol. The van der Waals surface area contributed by atoms with Crippen LogP contribution in [-0.2, 0) is 7.05 Å². The average molecular weight is 170 g/mol. The number of aliphatic hydroxyl groups excluding tert-OH is 1. The van der Waals surface area contributed by atoms with Crippen LogP contribution in [0.25, 0.3) is 0 Å². The normalized spacial score (nSPS) is 13.0. The summed E-state index contributed by atoms with van der Waals surface area (Å²) in [7, 11) is 1.77. The van der Waals surface area contributed by atoms with Gasteiger partial charge in [0.1, 0.15) is 12.0 Å².